The van der Waals surface area contributed by atoms with Crippen molar-refractivity contribution in [2.24, 2.45) is 0 Å². The minimum atomic E-state index is -4.44. The van der Waals surface area contributed by atoms with Crippen LogP contribution in [0, 0.1) is 0 Å². The molecule has 1 N–H and O–H groups in total. The van der Waals surface area contributed by atoms with Crippen LogP contribution in [-0.2, 0) is 6.18 Å². The summed E-state index contributed by atoms with van der Waals surface area (Å²) in [7, 11) is 0. The zero-order chi connectivity index (χ0) is 15.7. The maximum atomic E-state index is 12.7. The lowest BCUT2D eigenvalue weighted by molar-refractivity contribution is -0.137. The minimum absolute atomic E-state index is 0.0630. The molecule has 1 amide bonds. The Morgan fingerprint density at radius 2 is 1.86 bits per heavy atom. The standard InChI is InChI=1S/C15H10F3N3O/c16-15(17,18)10-6-7-21-12(9-19-13(21)8-10)14(22)20-11-4-2-1-3-5-11/h1-9H,(H,20,22). The maximum absolute atomic E-state index is 12.7. The highest BCUT2D eigenvalue weighted by Gasteiger charge is 2.31. The van der Waals surface area contributed by atoms with Crippen LogP contribution in [0.15, 0.2) is 54.9 Å². The predicted octanol–water partition coefficient (Wildman–Crippen LogP) is 3.61. The molecule has 112 valence electrons. The summed E-state index contributed by atoms with van der Waals surface area (Å²) in [6.45, 7) is 0. The van der Waals surface area contributed by atoms with Crippen LogP contribution in [0.2, 0.25) is 0 Å². The number of amides is 1. The third-order valence-electron chi connectivity index (χ3n) is 3.10. The van der Waals surface area contributed by atoms with Gasteiger partial charge in [-0.3, -0.25) is 9.20 Å². The molecule has 0 aliphatic carbocycles. The lowest BCUT2D eigenvalue weighted by Crippen LogP contribution is -2.14. The molecule has 22 heavy (non-hydrogen) atoms. The van der Waals surface area contributed by atoms with Gasteiger partial charge in [-0.15, -0.1) is 0 Å². The summed E-state index contributed by atoms with van der Waals surface area (Å²) < 4.78 is 39.3. The molecule has 7 heteroatoms. The molecule has 0 spiro atoms. The Hall–Kier alpha value is -2.83. The van der Waals surface area contributed by atoms with E-state index < -0.39 is 17.6 Å². The Kier molecular flexibility index (Phi) is 3.32. The molecule has 0 atom stereocenters. The van der Waals surface area contributed by atoms with E-state index in [1.807, 2.05) is 6.07 Å². The first-order valence-corrected chi connectivity index (χ1v) is 6.36. The Morgan fingerprint density at radius 3 is 2.55 bits per heavy atom. The summed E-state index contributed by atoms with van der Waals surface area (Å²) >= 11 is 0. The summed E-state index contributed by atoms with van der Waals surface area (Å²) in [4.78, 5) is 16.0. The molecule has 0 radical (unpaired) electrons. The number of imidazole rings is 1. The van der Waals surface area contributed by atoms with E-state index in [1.54, 1.807) is 24.3 Å². The third-order valence-corrected chi connectivity index (χ3v) is 3.10. The minimum Gasteiger partial charge on any atom is -0.321 e. The van der Waals surface area contributed by atoms with Crippen molar-refractivity contribution in [2.75, 3.05) is 5.32 Å². The second kappa shape index (κ2) is 5.18. The number of hydrogen-bond donors (Lipinski definition) is 1. The number of halogens is 3. The van der Waals surface area contributed by atoms with Gasteiger partial charge in [0.2, 0.25) is 0 Å². The van der Waals surface area contributed by atoms with Crippen molar-refractivity contribution in [1.82, 2.24) is 9.38 Å². The Morgan fingerprint density at radius 1 is 1.14 bits per heavy atom. The summed E-state index contributed by atoms with van der Waals surface area (Å²) in [5.41, 5.74) is 0.00981. The van der Waals surface area contributed by atoms with E-state index >= 15 is 0 Å². The molecule has 0 saturated heterocycles. The summed E-state index contributed by atoms with van der Waals surface area (Å²) in [6.07, 6.45) is -2.01. The number of aromatic nitrogens is 2. The number of nitrogens with one attached hydrogen (secondary N) is 1. The lowest BCUT2D eigenvalue weighted by atomic mass is 10.2. The van der Waals surface area contributed by atoms with Gasteiger partial charge in [-0.05, 0) is 24.3 Å². The second-order valence-electron chi connectivity index (χ2n) is 4.60. The van der Waals surface area contributed by atoms with Gasteiger partial charge in [-0.1, -0.05) is 18.2 Å². The number of para-hydroxylation sites is 1. The smallest absolute Gasteiger partial charge is 0.321 e. The Balaban J connectivity index is 1.93. The number of rotatable bonds is 2. The molecular formula is C15H10F3N3O. The fraction of sp³-hybridized carbons (Fsp3) is 0.0667. The molecule has 3 rings (SSSR count). The quantitative estimate of drug-likeness (QED) is 0.786. The predicted molar refractivity (Wildman–Crippen MR) is 74.6 cm³/mol. The van der Waals surface area contributed by atoms with Gasteiger partial charge in [-0.2, -0.15) is 13.2 Å². The van der Waals surface area contributed by atoms with Crippen molar-refractivity contribution in [3.05, 3.63) is 66.1 Å². The number of anilines is 1. The van der Waals surface area contributed by atoms with Gasteiger partial charge < -0.3 is 5.32 Å². The summed E-state index contributed by atoms with van der Waals surface area (Å²) in [6, 6.07) is 10.6. The van der Waals surface area contributed by atoms with Crippen LogP contribution in [0.4, 0.5) is 18.9 Å². The van der Waals surface area contributed by atoms with Crippen LogP contribution in [0.25, 0.3) is 5.65 Å². The molecule has 4 nitrogen and oxygen atoms in total. The van der Waals surface area contributed by atoms with E-state index in [1.165, 1.54) is 16.8 Å². The molecule has 0 bridgehead atoms. The molecular weight excluding hydrogens is 295 g/mol. The molecule has 0 aliphatic rings. The Bertz CT molecular complexity index is 825. The van der Waals surface area contributed by atoms with Gasteiger partial charge in [0.25, 0.3) is 5.91 Å². The molecule has 3 aromatic rings. The van der Waals surface area contributed by atoms with E-state index in [4.69, 9.17) is 0 Å². The van der Waals surface area contributed by atoms with Crippen molar-refractivity contribution in [3.63, 3.8) is 0 Å². The van der Waals surface area contributed by atoms with Crippen LogP contribution in [-0.4, -0.2) is 15.3 Å². The number of carbonyl (C=O) groups is 1. The highest BCUT2D eigenvalue weighted by atomic mass is 19.4. The second-order valence-corrected chi connectivity index (χ2v) is 4.60. The third kappa shape index (κ3) is 2.65. The Labute approximate surface area is 123 Å². The summed E-state index contributed by atoms with van der Waals surface area (Å²) in [5, 5.41) is 2.66. The highest BCUT2D eigenvalue weighted by Crippen LogP contribution is 2.29. The lowest BCUT2D eigenvalue weighted by Gasteiger charge is -2.08. The number of nitrogens with zero attached hydrogens (tertiary/aromatic N) is 2. The van der Waals surface area contributed by atoms with Crippen LogP contribution in [0.3, 0.4) is 0 Å². The van der Waals surface area contributed by atoms with Gasteiger partial charge in [0, 0.05) is 11.9 Å². The number of fused-ring (bicyclic) bond motifs is 1. The monoisotopic (exact) mass is 305 g/mol. The first kappa shape index (κ1) is 14.1. The molecule has 0 unspecified atom stereocenters. The molecule has 0 fully saturated rings. The van der Waals surface area contributed by atoms with Crippen molar-refractivity contribution in [3.8, 4) is 0 Å². The molecule has 2 heterocycles. The number of pyridine rings is 1. The number of carbonyl (C=O) groups excluding carboxylic acids is 1. The van der Waals surface area contributed by atoms with E-state index in [-0.39, 0.29) is 11.3 Å². The van der Waals surface area contributed by atoms with Gasteiger partial charge in [0.15, 0.2) is 0 Å². The molecule has 0 aliphatic heterocycles. The van der Waals surface area contributed by atoms with Crippen LogP contribution >= 0.6 is 0 Å². The topological polar surface area (TPSA) is 46.4 Å². The SMILES string of the molecule is O=C(Nc1ccccc1)c1cnc2cc(C(F)(F)F)ccn12. The number of hydrogen-bond acceptors (Lipinski definition) is 2. The largest absolute Gasteiger partial charge is 0.416 e. The number of benzene rings is 1. The first-order chi connectivity index (χ1) is 10.4. The van der Waals surface area contributed by atoms with Crippen LogP contribution in [0.5, 0.6) is 0 Å². The fourth-order valence-electron chi connectivity index (χ4n) is 2.04. The van der Waals surface area contributed by atoms with Gasteiger partial charge in [0.05, 0.1) is 11.8 Å². The van der Waals surface area contributed by atoms with Crippen molar-refractivity contribution >= 4 is 17.2 Å². The van der Waals surface area contributed by atoms with Gasteiger partial charge >= 0.3 is 6.18 Å². The van der Waals surface area contributed by atoms with E-state index in [0.717, 1.165) is 12.1 Å². The normalized spacial score (nSPS) is 11.6. The maximum Gasteiger partial charge on any atom is 0.416 e. The average Bonchev–Trinajstić information content (AvgIpc) is 2.90. The van der Waals surface area contributed by atoms with Crippen LogP contribution in [0.1, 0.15) is 16.1 Å². The first-order valence-electron chi connectivity index (χ1n) is 6.36. The molecule has 1 aromatic carbocycles. The molecule has 0 saturated carbocycles. The van der Waals surface area contributed by atoms with Gasteiger partial charge in [0.1, 0.15) is 11.3 Å². The number of alkyl halides is 3. The summed E-state index contributed by atoms with van der Waals surface area (Å²) in [5.74, 6) is -0.446. The van der Waals surface area contributed by atoms with Crippen molar-refractivity contribution < 1.29 is 18.0 Å². The van der Waals surface area contributed by atoms with Crippen molar-refractivity contribution in [2.45, 2.75) is 6.18 Å². The van der Waals surface area contributed by atoms with E-state index in [2.05, 4.69) is 10.3 Å². The molecule has 2 aromatic heterocycles. The zero-order valence-electron chi connectivity index (χ0n) is 11.1. The highest BCUT2D eigenvalue weighted by molar-refractivity contribution is 6.03. The fourth-order valence-corrected chi connectivity index (χ4v) is 2.04. The van der Waals surface area contributed by atoms with E-state index in [0.29, 0.717) is 5.69 Å². The average molecular weight is 305 g/mol. The van der Waals surface area contributed by atoms with Crippen molar-refractivity contribution in [1.29, 1.82) is 0 Å². The zero-order valence-corrected chi connectivity index (χ0v) is 11.1. The van der Waals surface area contributed by atoms with E-state index in [9.17, 15) is 18.0 Å². The van der Waals surface area contributed by atoms with Crippen LogP contribution < -0.4 is 5.32 Å². The van der Waals surface area contributed by atoms with Gasteiger partial charge in [-0.25, -0.2) is 4.98 Å².